The van der Waals surface area contributed by atoms with Gasteiger partial charge in [0, 0.05) is 23.6 Å². The molecule has 24 heavy (non-hydrogen) atoms. The van der Waals surface area contributed by atoms with E-state index < -0.39 is 6.10 Å². The molecule has 0 aliphatic heterocycles. The van der Waals surface area contributed by atoms with E-state index in [0.29, 0.717) is 23.7 Å². The van der Waals surface area contributed by atoms with E-state index in [1.807, 2.05) is 30.3 Å². The molecule has 1 unspecified atom stereocenters. The molecule has 0 spiro atoms. The molecule has 126 valence electrons. The molecule has 0 aliphatic rings. The van der Waals surface area contributed by atoms with Gasteiger partial charge in [-0.1, -0.05) is 41.9 Å². The summed E-state index contributed by atoms with van der Waals surface area (Å²) in [7, 11) is 0. The number of halogens is 1. The lowest BCUT2D eigenvalue weighted by molar-refractivity contribution is -0.128. The van der Waals surface area contributed by atoms with Gasteiger partial charge in [-0.25, -0.2) is 0 Å². The fourth-order valence-electron chi connectivity index (χ4n) is 2.12. The van der Waals surface area contributed by atoms with Crippen molar-refractivity contribution in [3.05, 3.63) is 65.2 Å². The minimum atomic E-state index is -0.791. The van der Waals surface area contributed by atoms with E-state index in [1.165, 1.54) is 0 Å². The monoisotopic (exact) mass is 346 g/mol. The van der Waals surface area contributed by atoms with Crippen molar-refractivity contribution in [2.24, 2.45) is 5.73 Å². The normalized spacial score (nSPS) is 11.5. The van der Waals surface area contributed by atoms with Gasteiger partial charge >= 0.3 is 0 Å². The highest BCUT2D eigenvalue weighted by atomic mass is 35.5. The second-order valence-corrected chi connectivity index (χ2v) is 5.66. The number of ether oxygens (including phenoxy) is 1. The van der Waals surface area contributed by atoms with Gasteiger partial charge in [-0.3, -0.25) is 9.59 Å². The van der Waals surface area contributed by atoms with Gasteiger partial charge in [0.15, 0.2) is 0 Å². The largest absolute Gasteiger partial charge is 0.476 e. The van der Waals surface area contributed by atoms with Crippen molar-refractivity contribution in [3.63, 3.8) is 0 Å². The van der Waals surface area contributed by atoms with Gasteiger partial charge in [0.05, 0.1) is 0 Å². The maximum Gasteiger partial charge on any atom is 0.265 e. The average Bonchev–Trinajstić information content (AvgIpc) is 2.58. The van der Waals surface area contributed by atoms with Gasteiger partial charge in [-0.05, 0) is 30.7 Å². The van der Waals surface area contributed by atoms with Gasteiger partial charge in [0.1, 0.15) is 5.75 Å². The van der Waals surface area contributed by atoms with Crippen LogP contribution in [0.2, 0.25) is 5.02 Å². The number of hydrogen-bond acceptors (Lipinski definition) is 3. The lowest BCUT2D eigenvalue weighted by Crippen LogP contribution is -2.33. The first-order chi connectivity index (χ1) is 11.6. The number of hydrogen-bond donors (Lipinski definition) is 2. The SMILES string of the molecule is NC(=O)CCCNC(=O)C(Oc1ccc(Cl)cc1)c1ccccc1. The molecular weight excluding hydrogens is 328 g/mol. The first-order valence-corrected chi connectivity index (χ1v) is 7.97. The van der Waals surface area contributed by atoms with Crippen LogP contribution in [0.25, 0.3) is 0 Å². The third-order valence-electron chi connectivity index (χ3n) is 3.31. The lowest BCUT2D eigenvalue weighted by atomic mass is 10.1. The molecule has 0 radical (unpaired) electrons. The van der Waals surface area contributed by atoms with Gasteiger partial charge in [0.2, 0.25) is 12.0 Å². The summed E-state index contributed by atoms with van der Waals surface area (Å²) in [6.45, 7) is 0.356. The predicted molar refractivity (Wildman–Crippen MR) is 92.7 cm³/mol. The number of nitrogens with one attached hydrogen (secondary N) is 1. The summed E-state index contributed by atoms with van der Waals surface area (Å²) in [4.78, 5) is 23.2. The van der Waals surface area contributed by atoms with E-state index in [4.69, 9.17) is 22.1 Å². The van der Waals surface area contributed by atoms with Crippen LogP contribution in [0.3, 0.4) is 0 Å². The molecule has 2 aromatic rings. The zero-order valence-corrected chi connectivity index (χ0v) is 13.8. The summed E-state index contributed by atoms with van der Waals surface area (Å²) in [6.07, 6.45) is -0.0707. The molecule has 0 heterocycles. The number of carbonyl (C=O) groups excluding carboxylic acids is 2. The Bertz CT molecular complexity index is 674. The summed E-state index contributed by atoms with van der Waals surface area (Å²) in [6, 6.07) is 16.0. The van der Waals surface area contributed by atoms with Crippen LogP contribution in [0, 0.1) is 0 Å². The van der Waals surface area contributed by atoms with Crippen LogP contribution in [0.1, 0.15) is 24.5 Å². The summed E-state index contributed by atoms with van der Waals surface area (Å²) in [5.74, 6) is -0.123. The number of nitrogens with two attached hydrogens (primary N) is 1. The van der Waals surface area contributed by atoms with E-state index >= 15 is 0 Å². The molecule has 0 aromatic heterocycles. The fourth-order valence-corrected chi connectivity index (χ4v) is 2.24. The van der Waals surface area contributed by atoms with Gasteiger partial charge in [-0.2, -0.15) is 0 Å². The van der Waals surface area contributed by atoms with Crippen LogP contribution in [0.4, 0.5) is 0 Å². The van der Waals surface area contributed by atoms with Crippen molar-refractivity contribution in [1.29, 1.82) is 0 Å². The van der Waals surface area contributed by atoms with Crippen LogP contribution in [-0.4, -0.2) is 18.4 Å². The fraction of sp³-hybridized carbons (Fsp3) is 0.222. The number of benzene rings is 2. The van der Waals surface area contributed by atoms with E-state index in [-0.39, 0.29) is 18.2 Å². The molecule has 0 saturated carbocycles. The summed E-state index contributed by atoms with van der Waals surface area (Å²) in [5, 5.41) is 3.36. The average molecular weight is 347 g/mol. The maximum absolute atomic E-state index is 12.5. The third-order valence-corrected chi connectivity index (χ3v) is 3.56. The topological polar surface area (TPSA) is 81.4 Å². The van der Waals surface area contributed by atoms with Crippen LogP contribution in [0.5, 0.6) is 5.75 Å². The Balaban J connectivity index is 2.06. The number of carbonyl (C=O) groups is 2. The van der Waals surface area contributed by atoms with Gasteiger partial charge in [-0.15, -0.1) is 0 Å². The van der Waals surface area contributed by atoms with E-state index in [9.17, 15) is 9.59 Å². The number of primary amides is 1. The molecule has 3 N–H and O–H groups in total. The minimum Gasteiger partial charge on any atom is -0.476 e. The minimum absolute atomic E-state index is 0.230. The quantitative estimate of drug-likeness (QED) is 0.721. The molecule has 1 atom stereocenters. The van der Waals surface area contributed by atoms with E-state index in [0.717, 1.165) is 5.56 Å². The van der Waals surface area contributed by atoms with Gasteiger partial charge < -0.3 is 15.8 Å². The number of amides is 2. The second kappa shape index (κ2) is 8.93. The Kier molecular flexibility index (Phi) is 6.63. The smallest absolute Gasteiger partial charge is 0.265 e. The molecule has 6 heteroatoms. The first-order valence-electron chi connectivity index (χ1n) is 7.59. The van der Waals surface area contributed by atoms with Crippen molar-refractivity contribution in [1.82, 2.24) is 5.32 Å². The molecule has 0 bridgehead atoms. The molecule has 0 fully saturated rings. The van der Waals surface area contributed by atoms with Gasteiger partial charge in [0.25, 0.3) is 5.91 Å². The summed E-state index contributed by atoms with van der Waals surface area (Å²) >= 11 is 5.87. The Morgan fingerprint density at radius 3 is 2.38 bits per heavy atom. The van der Waals surface area contributed by atoms with Crippen LogP contribution in [-0.2, 0) is 9.59 Å². The molecule has 2 rings (SSSR count). The molecule has 2 amide bonds. The molecule has 0 aliphatic carbocycles. The highest BCUT2D eigenvalue weighted by Crippen LogP contribution is 2.23. The molecule has 2 aromatic carbocycles. The van der Waals surface area contributed by atoms with E-state index in [2.05, 4.69) is 5.32 Å². The molecule has 0 saturated heterocycles. The first kappa shape index (κ1) is 17.8. The highest BCUT2D eigenvalue weighted by molar-refractivity contribution is 6.30. The van der Waals surface area contributed by atoms with Crippen molar-refractivity contribution < 1.29 is 14.3 Å². The summed E-state index contributed by atoms with van der Waals surface area (Å²) in [5.41, 5.74) is 5.82. The Morgan fingerprint density at radius 1 is 1.08 bits per heavy atom. The Labute approximate surface area is 145 Å². The lowest BCUT2D eigenvalue weighted by Gasteiger charge is -2.19. The zero-order valence-electron chi connectivity index (χ0n) is 13.1. The highest BCUT2D eigenvalue weighted by Gasteiger charge is 2.22. The Morgan fingerprint density at radius 2 is 1.75 bits per heavy atom. The van der Waals surface area contributed by atoms with Crippen molar-refractivity contribution in [2.75, 3.05) is 6.54 Å². The van der Waals surface area contributed by atoms with E-state index in [1.54, 1.807) is 24.3 Å². The van der Waals surface area contributed by atoms with Crippen molar-refractivity contribution >= 4 is 23.4 Å². The summed E-state index contributed by atoms with van der Waals surface area (Å²) < 4.78 is 5.83. The number of rotatable bonds is 8. The predicted octanol–water partition coefficient (Wildman–Crippen LogP) is 2.84. The maximum atomic E-state index is 12.5. The van der Waals surface area contributed by atoms with Crippen molar-refractivity contribution in [3.8, 4) is 5.75 Å². The third kappa shape index (κ3) is 5.59. The Hall–Kier alpha value is -2.53. The zero-order chi connectivity index (χ0) is 17.4. The van der Waals surface area contributed by atoms with Crippen LogP contribution in [0.15, 0.2) is 54.6 Å². The molecular formula is C18H19ClN2O3. The molecule has 5 nitrogen and oxygen atoms in total. The second-order valence-electron chi connectivity index (χ2n) is 5.22. The van der Waals surface area contributed by atoms with Crippen LogP contribution < -0.4 is 15.8 Å². The van der Waals surface area contributed by atoms with Crippen molar-refractivity contribution in [2.45, 2.75) is 18.9 Å². The standard InChI is InChI=1S/C18H19ClN2O3/c19-14-8-10-15(11-9-14)24-17(13-5-2-1-3-6-13)18(23)21-12-4-7-16(20)22/h1-3,5-6,8-11,17H,4,7,12H2,(H2,20,22)(H,21,23). The van der Waals surface area contributed by atoms with Crippen LogP contribution >= 0.6 is 11.6 Å².